The maximum Gasteiger partial charge on any atom is 0.222 e. The lowest BCUT2D eigenvalue weighted by atomic mass is 9.92. The number of carbonyl (C=O) groups is 1. The van der Waals surface area contributed by atoms with Crippen LogP contribution in [-0.2, 0) is 4.79 Å². The van der Waals surface area contributed by atoms with Crippen LogP contribution >= 0.6 is 0 Å². The summed E-state index contributed by atoms with van der Waals surface area (Å²) in [7, 11) is 1.69. The predicted molar refractivity (Wildman–Crippen MR) is 137 cm³/mol. The van der Waals surface area contributed by atoms with Gasteiger partial charge in [-0.3, -0.25) is 4.79 Å². The van der Waals surface area contributed by atoms with Gasteiger partial charge in [0.1, 0.15) is 23.7 Å². The van der Waals surface area contributed by atoms with Crippen molar-refractivity contribution in [1.82, 2.24) is 14.9 Å². The number of nitrogens with zero attached hydrogens (tertiary/aromatic N) is 5. The van der Waals surface area contributed by atoms with E-state index in [0.717, 1.165) is 94.6 Å². The zero-order valence-electron chi connectivity index (χ0n) is 20.6. The SMILES string of the molecule is CCCNc1cc(N2CCC(CCC(=O)N3CCN(c4cccc(OC)c4)CC3)CC2)ncn1. The summed E-state index contributed by atoms with van der Waals surface area (Å²) < 4.78 is 5.34. The van der Waals surface area contributed by atoms with Crippen molar-refractivity contribution in [3.63, 3.8) is 0 Å². The Hall–Kier alpha value is -3.03. The van der Waals surface area contributed by atoms with E-state index in [1.807, 2.05) is 23.1 Å². The first kappa shape index (κ1) is 24.1. The summed E-state index contributed by atoms with van der Waals surface area (Å²) in [5.41, 5.74) is 1.16. The zero-order valence-corrected chi connectivity index (χ0v) is 20.6. The Balaban J connectivity index is 1.18. The third-order valence-electron chi connectivity index (χ3n) is 6.96. The average Bonchev–Trinajstić information content (AvgIpc) is 2.91. The van der Waals surface area contributed by atoms with Crippen LogP contribution < -0.4 is 19.9 Å². The molecule has 1 aromatic carbocycles. The zero-order chi connectivity index (χ0) is 23.8. The van der Waals surface area contributed by atoms with E-state index in [9.17, 15) is 4.79 Å². The van der Waals surface area contributed by atoms with Crippen LogP contribution in [0.25, 0.3) is 0 Å². The van der Waals surface area contributed by atoms with E-state index in [1.54, 1.807) is 13.4 Å². The highest BCUT2D eigenvalue weighted by Crippen LogP contribution is 2.27. The van der Waals surface area contributed by atoms with Gasteiger partial charge >= 0.3 is 0 Å². The highest BCUT2D eigenvalue weighted by Gasteiger charge is 2.24. The number of rotatable bonds is 9. The smallest absolute Gasteiger partial charge is 0.222 e. The lowest BCUT2D eigenvalue weighted by molar-refractivity contribution is -0.131. The first-order valence-electron chi connectivity index (χ1n) is 12.6. The largest absolute Gasteiger partial charge is 0.497 e. The number of methoxy groups -OCH3 is 1. The number of amides is 1. The van der Waals surface area contributed by atoms with Crippen molar-refractivity contribution in [3.05, 3.63) is 36.7 Å². The van der Waals surface area contributed by atoms with Gasteiger partial charge in [0.05, 0.1) is 7.11 Å². The number of aromatic nitrogens is 2. The molecule has 2 aromatic rings. The van der Waals surface area contributed by atoms with Crippen LogP contribution in [0.15, 0.2) is 36.7 Å². The minimum Gasteiger partial charge on any atom is -0.497 e. The Kier molecular flexibility index (Phi) is 8.44. The van der Waals surface area contributed by atoms with E-state index >= 15 is 0 Å². The Morgan fingerprint density at radius 1 is 1.06 bits per heavy atom. The lowest BCUT2D eigenvalue weighted by Crippen LogP contribution is -2.48. The van der Waals surface area contributed by atoms with Gasteiger partial charge < -0.3 is 24.8 Å². The number of benzene rings is 1. The number of nitrogens with one attached hydrogen (secondary N) is 1. The first-order valence-corrected chi connectivity index (χ1v) is 12.6. The molecule has 0 atom stereocenters. The molecule has 1 aromatic heterocycles. The summed E-state index contributed by atoms with van der Waals surface area (Å²) >= 11 is 0. The predicted octanol–water partition coefficient (Wildman–Crippen LogP) is 3.65. The van der Waals surface area contributed by atoms with E-state index in [2.05, 4.69) is 44.1 Å². The number of piperazine rings is 1. The van der Waals surface area contributed by atoms with Crippen molar-refractivity contribution in [1.29, 1.82) is 0 Å². The third-order valence-corrected chi connectivity index (χ3v) is 6.96. The maximum atomic E-state index is 12.8. The van der Waals surface area contributed by atoms with Crippen molar-refractivity contribution in [2.24, 2.45) is 5.92 Å². The topological polar surface area (TPSA) is 73.8 Å². The van der Waals surface area contributed by atoms with Gasteiger partial charge in [-0.15, -0.1) is 0 Å². The average molecular weight is 467 g/mol. The van der Waals surface area contributed by atoms with E-state index in [4.69, 9.17) is 4.74 Å². The summed E-state index contributed by atoms with van der Waals surface area (Å²) in [6.07, 6.45) is 6.57. The highest BCUT2D eigenvalue weighted by molar-refractivity contribution is 5.76. The van der Waals surface area contributed by atoms with E-state index in [0.29, 0.717) is 18.2 Å². The van der Waals surface area contributed by atoms with E-state index in [-0.39, 0.29) is 0 Å². The molecular formula is C26H38N6O2. The molecule has 2 aliphatic heterocycles. The molecule has 0 bridgehead atoms. The molecule has 8 nitrogen and oxygen atoms in total. The second kappa shape index (κ2) is 11.9. The molecule has 0 saturated carbocycles. The fraction of sp³-hybridized carbons (Fsp3) is 0.577. The van der Waals surface area contributed by atoms with Gasteiger partial charge in [-0.05, 0) is 43.7 Å². The Bertz CT molecular complexity index is 923. The second-order valence-electron chi connectivity index (χ2n) is 9.23. The number of hydrogen-bond acceptors (Lipinski definition) is 7. The fourth-order valence-electron chi connectivity index (χ4n) is 4.83. The number of hydrogen-bond donors (Lipinski definition) is 1. The summed E-state index contributed by atoms with van der Waals surface area (Å²) in [6.45, 7) is 8.35. The first-order chi connectivity index (χ1) is 16.7. The molecule has 0 aliphatic carbocycles. The van der Waals surface area contributed by atoms with E-state index < -0.39 is 0 Å². The van der Waals surface area contributed by atoms with Gasteiger partial charge in [-0.25, -0.2) is 9.97 Å². The molecule has 0 unspecified atom stereocenters. The van der Waals surface area contributed by atoms with Gasteiger partial charge in [0, 0.05) is 70.1 Å². The Morgan fingerprint density at radius 3 is 2.59 bits per heavy atom. The van der Waals surface area contributed by atoms with Gasteiger partial charge in [0.2, 0.25) is 5.91 Å². The molecule has 0 spiro atoms. The van der Waals surface area contributed by atoms with Crippen molar-refractivity contribution >= 4 is 23.2 Å². The molecular weight excluding hydrogens is 428 g/mol. The minimum atomic E-state index is 0.301. The van der Waals surface area contributed by atoms with Crippen LogP contribution in [0.1, 0.15) is 39.0 Å². The second-order valence-corrected chi connectivity index (χ2v) is 9.23. The summed E-state index contributed by atoms with van der Waals surface area (Å²) in [5.74, 6) is 3.67. The van der Waals surface area contributed by atoms with Crippen LogP contribution in [0, 0.1) is 5.92 Å². The number of ether oxygens (including phenoxy) is 1. The number of carbonyl (C=O) groups excluding carboxylic acids is 1. The lowest BCUT2D eigenvalue weighted by Gasteiger charge is -2.37. The molecule has 3 heterocycles. The van der Waals surface area contributed by atoms with Gasteiger partial charge in [0.25, 0.3) is 0 Å². The molecule has 8 heteroatoms. The molecule has 0 radical (unpaired) electrons. The normalized spacial score (nSPS) is 17.1. The van der Waals surface area contributed by atoms with Gasteiger partial charge in [-0.2, -0.15) is 0 Å². The molecule has 2 fully saturated rings. The standard InChI is InChI=1S/C26H38N6O2/c1-3-11-27-24-19-25(29-20-28-24)31-12-9-21(10-13-31)7-8-26(33)32-16-14-30(15-17-32)22-5-4-6-23(18-22)34-2/h4-6,18-21H,3,7-17H2,1-2H3,(H,27,28,29). The molecule has 184 valence electrons. The van der Waals surface area contributed by atoms with Crippen molar-refractivity contribution in [2.45, 2.75) is 39.0 Å². The Morgan fingerprint density at radius 2 is 1.85 bits per heavy atom. The van der Waals surface area contributed by atoms with Crippen molar-refractivity contribution in [3.8, 4) is 5.75 Å². The monoisotopic (exact) mass is 466 g/mol. The maximum absolute atomic E-state index is 12.8. The van der Waals surface area contributed by atoms with Crippen molar-refractivity contribution < 1.29 is 9.53 Å². The molecule has 34 heavy (non-hydrogen) atoms. The number of piperidine rings is 1. The fourth-order valence-corrected chi connectivity index (χ4v) is 4.83. The summed E-state index contributed by atoms with van der Waals surface area (Å²) in [5, 5.41) is 3.34. The Labute approximate surface area is 203 Å². The van der Waals surface area contributed by atoms with Gasteiger partial charge in [0.15, 0.2) is 0 Å². The quantitative estimate of drug-likeness (QED) is 0.605. The van der Waals surface area contributed by atoms with Crippen LogP contribution in [0.5, 0.6) is 5.75 Å². The van der Waals surface area contributed by atoms with Crippen LogP contribution in [0.4, 0.5) is 17.3 Å². The number of anilines is 3. The van der Waals surface area contributed by atoms with E-state index in [1.165, 1.54) is 0 Å². The van der Waals surface area contributed by atoms with Crippen LogP contribution in [0.3, 0.4) is 0 Å². The summed E-state index contributed by atoms with van der Waals surface area (Å²) in [4.78, 5) is 28.3. The highest BCUT2D eigenvalue weighted by atomic mass is 16.5. The van der Waals surface area contributed by atoms with Crippen LogP contribution in [-0.4, -0.2) is 73.7 Å². The summed E-state index contributed by atoms with van der Waals surface area (Å²) in [6, 6.07) is 10.2. The molecule has 2 saturated heterocycles. The third kappa shape index (κ3) is 6.30. The van der Waals surface area contributed by atoms with Crippen LogP contribution in [0.2, 0.25) is 0 Å². The molecule has 1 amide bonds. The molecule has 1 N–H and O–H groups in total. The van der Waals surface area contributed by atoms with Gasteiger partial charge in [-0.1, -0.05) is 13.0 Å². The van der Waals surface area contributed by atoms with Crippen molar-refractivity contribution in [2.75, 3.05) is 68.0 Å². The molecule has 2 aliphatic rings. The molecule has 4 rings (SSSR count). The minimum absolute atomic E-state index is 0.301.